The van der Waals surface area contributed by atoms with Gasteiger partial charge in [-0.2, -0.15) is 0 Å². The standard InChI is InChI=1S/2C23H22ClFN6O4S.CH4/c2*1-14(7-20-27-11-17(25)12-28-20)36(32,33)13-21-29-30-23(15-8-16(24)10-26-9-15)31(21)22-18(34-2)5-4-6-19(22)35-3;/h2*4-6,8-12,14H,7,13H2,1-3H3;1H4/t2*14-;/m10./s1. The van der Waals surface area contributed by atoms with Crippen molar-refractivity contribution in [1.29, 1.82) is 0 Å². The maximum atomic E-state index is 13.4. The van der Waals surface area contributed by atoms with Crippen molar-refractivity contribution in [2.45, 2.75) is 56.1 Å². The molecule has 0 saturated heterocycles. The summed E-state index contributed by atoms with van der Waals surface area (Å²) in [6, 6.07) is 13.6. The summed E-state index contributed by atoms with van der Waals surface area (Å²) in [6.07, 6.45) is 10.0. The van der Waals surface area contributed by atoms with E-state index in [0.717, 1.165) is 24.8 Å². The number of pyridine rings is 2. The normalized spacial score (nSPS) is 12.2. The predicted molar refractivity (Wildman–Crippen MR) is 268 cm³/mol. The van der Waals surface area contributed by atoms with E-state index in [1.807, 2.05) is 0 Å². The molecule has 2 atom stereocenters. The van der Waals surface area contributed by atoms with Crippen molar-refractivity contribution in [3.05, 3.63) is 143 Å². The van der Waals surface area contributed by atoms with E-state index >= 15 is 0 Å². The first-order chi connectivity index (χ1) is 34.5. The second-order valence-electron chi connectivity index (χ2n) is 15.6. The Morgan fingerprint density at radius 1 is 0.534 bits per heavy atom. The highest BCUT2D eigenvalue weighted by molar-refractivity contribution is 7.91. The molecule has 73 heavy (non-hydrogen) atoms. The van der Waals surface area contributed by atoms with Crippen LogP contribution in [0.4, 0.5) is 8.78 Å². The second-order valence-corrected chi connectivity index (χ2v) is 21.3. The van der Waals surface area contributed by atoms with E-state index in [1.165, 1.54) is 54.7 Å². The van der Waals surface area contributed by atoms with Crippen molar-refractivity contribution in [2.24, 2.45) is 0 Å². The van der Waals surface area contributed by atoms with E-state index < -0.39 is 53.3 Å². The van der Waals surface area contributed by atoms with Crippen LogP contribution in [0.25, 0.3) is 34.2 Å². The molecule has 0 bridgehead atoms. The average molecular weight is 1080 g/mol. The van der Waals surface area contributed by atoms with Crippen LogP contribution in [0.1, 0.15) is 44.6 Å². The zero-order valence-corrected chi connectivity index (χ0v) is 42.3. The zero-order valence-electron chi connectivity index (χ0n) is 39.2. The van der Waals surface area contributed by atoms with Crippen LogP contribution in [-0.2, 0) is 44.0 Å². The lowest BCUT2D eigenvalue weighted by Crippen LogP contribution is -2.24. The van der Waals surface area contributed by atoms with Crippen LogP contribution >= 0.6 is 23.2 Å². The molecule has 0 radical (unpaired) electrons. The first-order valence-electron chi connectivity index (χ1n) is 21.4. The fraction of sp³-hybridized carbons (Fsp3) is 0.277. The predicted octanol–water partition coefficient (Wildman–Crippen LogP) is 7.59. The van der Waals surface area contributed by atoms with Gasteiger partial charge in [-0.1, -0.05) is 42.8 Å². The average Bonchev–Trinajstić information content (AvgIpc) is 3.97. The van der Waals surface area contributed by atoms with Gasteiger partial charge in [0.25, 0.3) is 0 Å². The molecule has 0 aliphatic carbocycles. The molecule has 0 aliphatic rings. The van der Waals surface area contributed by atoms with Crippen molar-refractivity contribution >= 4 is 42.9 Å². The summed E-state index contributed by atoms with van der Waals surface area (Å²) in [5.74, 6) is 0.806. The maximum absolute atomic E-state index is 13.4. The van der Waals surface area contributed by atoms with E-state index in [0.29, 0.717) is 67.2 Å². The quantitative estimate of drug-likeness (QED) is 0.0803. The van der Waals surface area contributed by atoms with Gasteiger partial charge in [0.2, 0.25) is 0 Å². The minimum Gasteiger partial charge on any atom is -0.494 e. The van der Waals surface area contributed by atoms with Gasteiger partial charge in [0.05, 0.1) is 73.8 Å². The highest BCUT2D eigenvalue weighted by Gasteiger charge is 2.31. The number of hydrogen-bond donors (Lipinski definition) is 0. The highest BCUT2D eigenvalue weighted by Crippen LogP contribution is 2.39. The van der Waals surface area contributed by atoms with Gasteiger partial charge in [-0.25, -0.2) is 45.6 Å². The van der Waals surface area contributed by atoms with Crippen molar-refractivity contribution < 1.29 is 44.6 Å². The van der Waals surface area contributed by atoms with Gasteiger partial charge >= 0.3 is 0 Å². The zero-order chi connectivity index (χ0) is 51.7. The molecule has 0 fully saturated rings. The van der Waals surface area contributed by atoms with Gasteiger partial charge in [0.15, 0.2) is 54.6 Å². The molecule has 26 heteroatoms. The molecule has 0 aliphatic heterocycles. The maximum Gasteiger partial charge on any atom is 0.170 e. The largest absolute Gasteiger partial charge is 0.494 e. The molecule has 0 unspecified atom stereocenters. The topological polar surface area (TPSA) is 244 Å². The van der Waals surface area contributed by atoms with Crippen molar-refractivity contribution in [2.75, 3.05) is 28.4 Å². The summed E-state index contributed by atoms with van der Waals surface area (Å²) < 4.78 is 105. The Labute approximate surface area is 429 Å². The van der Waals surface area contributed by atoms with Crippen molar-refractivity contribution in [3.63, 3.8) is 0 Å². The summed E-state index contributed by atoms with van der Waals surface area (Å²) in [5.41, 5.74) is 1.86. The Balaban J connectivity index is 0.000000235. The van der Waals surface area contributed by atoms with Crippen LogP contribution in [0.2, 0.25) is 10.0 Å². The number of benzene rings is 2. The molecule has 0 amide bonds. The van der Waals surface area contributed by atoms with Gasteiger partial charge in [-0.15, -0.1) is 20.4 Å². The molecule has 8 aromatic rings. The summed E-state index contributed by atoms with van der Waals surface area (Å²) in [6.45, 7) is 3.07. The lowest BCUT2D eigenvalue weighted by atomic mass is 10.2. The number of methoxy groups -OCH3 is 4. The third-order valence-electron chi connectivity index (χ3n) is 10.8. The van der Waals surface area contributed by atoms with Crippen LogP contribution in [0.15, 0.2) is 98.1 Å². The van der Waals surface area contributed by atoms with Crippen LogP contribution in [0.5, 0.6) is 23.0 Å². The molecule has 0 saturated carbocycles. The van der Waals surface area contributed by atoms with Crippen LogP contribution in [0, 0.1) is 11.6 Å². The Hall–Kier alpha value is -7.28. The molecule has 384 valence electrons. The minimum absolute atomic E-state index is 0. The van der Waals surface area contributed by atoms with Gasteiger partial charge in [-0.05, 0) is 50.2 Å². The summed E-state index contributed by atoms with van der Waals surface area (Å²) >= 11 is 12.3. The number of sulfone groups is 2. The number of halogens is 4. The summed E-state index contributed by atoms with van der Waals surface area (Å²) in [7, 11) is -1.62. The van der Waals surface area contributed by atoms with Crippen molar-refractivity contribution in [1.82, 2.24) is 59.4 Å². The molecule has 20 nitrogen and oxygen atoms in total. The minimum atomic E-state index is -3.79. The van der Waals surface area contributed by atoms with Crippen LogP contribution in [0.3, 0.4) is 0 Å². The highest BCUT2D eigenvalue weighted by atomic mass is 35.5. The fourth-order valence-electron chi connectivity index (χ4n) is 7.14. The molecular weight excluding hydrogens is 1030 g/mol. The Morgan fingerprint density at radius 2 is 0.863 bits per heavy atom. The molecule has 0 spiro atoms. The van der Waals surface area contributed by atoms with E-state index in [9.17, 15) is 25.6 Å². The van der Waals surface area contributed by atoms with Gasteiger partial charge < -0.3 is 18.9 Å². The number of rotatable bonds is 18. The molecular formula is C47H48Cl2F2N12O8S2. The number of para-hydroxylation sites is 2. The number of nitrogens with zero attached hydrogens (tertiary/aromatic N) is 12. The third kappa shape index (κ3) is 12.9. The van der Waals surface area contributed by atoms with Gasteiger partial charge in [0, 0.05) is 48.8 Å². The lowest BCUT2D eigenvalue weighted by Gasteiger charge is -2.18. The summed E-state index contributed by atoms with van der Waals surface area (Å²) in [5, 5.41) is 15.9. The number of aromatic nitrogens is 12. The third-order valence-corrected chi connectivity index (χ3v) is 15.3. The molecule has 8 rings (SSSR count). The first-order valence-corrected chi connectivity index (χ1v) is 25.5. The van der Waals surface area contributed by atoms with Crippen LogP contribution < -0.4 is 18.9 Å². The van der Waals surface area contributed by atoms with Gasteiger partial charge in [-0.3, -0.25) is 19.1 Å². The first kappa shape index (κ1) is 55.0. The van der Waals surface area contributed by atoms with Crippen molar-refractivity contribution in [3.8, 4) is 57.1 Å². The molecule has 6 aromatic heterocycles. The Kier molecular flexibility index (Phi) is 18.1. The SMILES string of the molecule is C.COc1cccc(OC)c1-n1c(CS(=O)(=O)[C@@H](C)Cc2ncc(F)cn2)nnc1-c1cncc(Cl)c1.COc1cccc(OC)c1-n1c(CS(=O)(=O)[C@H](C)Cc2ncc(F)cn2)nnc1-c1cncc(Cl)c1. The number of ether oxygens (including phenoxy) is 4. The second kappa shape index (κ2) is 24.0. The molecule has 0 N–H and O–H groups in total. The monoisotopic (exact) mass is 1080 g/mol. The Bertz CT molecular complexity index is 3140. The van der Waals surface area contributed by atoms with E-state index in [4.69, 9.17) is 42.1 Å². The molecule has 2 aromatic carbocycles. The molecule has 6 heterocycles. The van der Waals surface area contributed by atoms with Gasteiger partial charge in [0.1, 0.15) is 57.5 Å². The summed E-state index contributed by atoms with van der Waals surface area (Å²) in [4.78, 5) is 23.7. The Morgan fingerprint density at radius 3 is 1.16 bits per heavy atom. The fourth-order valence-corrected chi connectivity index (χ4v) is 9.95. The lowest BCUT2D eigenvalue weighted by molar-refractivity contribution is 0.390. The van der Waals surface area contributed by atoms with Crippen LogP contribution in [-0.4, -0.2) is 115 Å². The van der Waals surface area contributed by atoms with E-state index in [-0.39, 0.29) is 43.6 Å². The number of hydrogen-bond acceptors (Lipinski definition) is 18. The van der Waals surface area contributed by atoms with E-state index in [1.54, 1.807) is 70.1 Å². The smallest absolute Gasteiger partial charge is 0.170 e. The van der Waals surface area contributed by atoms with E-state index in [2.05, 4.69) is 50.3 Å².